The van der Waals surface area contributed by atoms with Gasteiger partial charge in [-0.05, 0) is 32.6 Å². The number of halogens is 3. The van der Waals surface area contributed by atoms with Crippen molar-refractivity contribution < 1.29 is 13.2 Å². The van der Waals surface area contributed by atoms with Gasteiger partial charge in [-0.3, -0.25) is 0 Å². The summed E-state index contributed by atoms with van der Waals surface area (Å²) in [4.78, 5) is 4.35. The van der Waals surface area contributed by atoms with Gasteiger partial charge in [0, 0.05) is 18.5 Å². The first-order valence-corrected chi connectivity index (χ1v) is 7.65. The molecule has 2 heterocycles. The molecule has 0 saturated heterocycles. The summed E-state index contributed by atoms with van der Waals surface area (Å²) in [7, 11) is 0. The van der Waals surface area contributed by atoms with Crippen molar-refractivity contribution in [2.45, 2.75) is 70.3 Å². The lowest BCUT2D eigenvalue weighted by Gasteiger charge is -2.34. The molecule has 0 radical (unpaired) electrons. The van der Waals surface area contributed by atoms with Crippen molar-refractivity contribution in [2.24, 2.45) is 5.92 Å². The maximum Gasteiger partial charge on any atom is 0.391 e. The second-order valence-electron chi connectivity index (χ2n) is 6.26. The number of nitrogens with one attached hydrogen (secondary N) is 1. The van der Waals surface area contributed by atoms with Gasteiger partial charge in [-0.25, -0.2) is 9.67 Å². The smallest absolute Gasteiger partial charge is 0.309 e. The number of rotatable bonds is 2. The molecular weight excluding hydrogens is 281 g/mol. The molecule has 0 aromatic carbocycles. The third kappa shape index (κ3) is 3.39. The Morgan fingerprint density at radius 2 is 2.00 bits per heavy atom. The van der Waals surface area contributed by atoms with E-state index in [2.05, 4.69) is 15.4 Å². The Morgan fingerprint density at radius 3 is 2.76 bits per heavy atom. The Kier molecular flexibility index (Phi) is 3.94. The third-order valence-corrected chi connectivity index (χ3v) is 4.57. The largest absolute Gasteiger partial charge is 0.391 e. The number of alkyl halides is 3. The van der Waals surface area contributed by atoms with Crippen LogP contribution in [0, 0.1) is 12.8 Å². The molecule has 0 amide bonds. The summed E-state index contributed by atoms with van der Waals surface area (Å²) in [6.07, 6.45) is -0.307. The first kappa shape index (κ1) is 14.8. The van der Waals surface area contributed by atoms with E-state index in [0.29, 0.717) is 13.0 Å². The summed E-state index contributed by atoms with van der Waals surface area (Å²) in [6, 6.07) is 0.178. The molecule has 1 fully saturated rings. The van der Waals surface area contributed by atoms with E-state index < -0.39 is 12.1 Å². The van der Waals surface area contributed by atoms with Crippen LogP contribution in [0.5, 0.6) is 0 Å². The van der Waals surface area contributed by atoms with Crippen LogP contribution in [0.15, 0.2) is 0 Å². The quantitative estimate of drug-likeness (QED) is 0.913. The molecule has 2 aliphatic rings. The van der Waals surface area contributed by atoms with Crippen LogP contribution in [-0.4, -0.2) is 33.0 Å². The van der Waals surface area contributed by atoms with E-state index in [1.807, 2.05) is 11.6 Å². The Morgan fingerprint density at radius 1 is 1.19 bits per heavy atom. The Bertz CT molecular complexity index is 497. The molecule has 3 atom stereocenters. The van der Waals surface area contributed by atoms with E-state index in [-0.39, 0.29) is 24.9 Å². The molecule has 0 bridgehead atoms. The highest BCUT2D eigenvalue weighted by atomic mass is 19.4. The lowest BCUT2D eigenvalue weighted by molar-refractivity contribution is -0.183. The predicted molar refractivity (Wildman–Crippen MR) is 71.8 cm³/mol. The van der Waals surface area contributed by atoms with E-state index in [1.54, 1.807) is 0 Å². The molecule has 3 rings (SSSR count). The molecule has 1 aromatic heterocycles. The molecule has 118 valence electrons. The highest BCUT2D eigenvalue weighted by Crippen LogP contribution is 2.37. The fourth-order valence-electron chi connectivity index (χ4n) is 3.54. The minimum absolute atomic E-state index is 0.0263. The normalized spacial score (nSPS) is 30.2. The van der Waals surface area contributed by atoms with E-state index in [9.17, 15) is 13.2 Å². The van der Waals surface area contributed by atoms with Crippen molar-refractivity contribution in [2.75, 3.05) is 0 Å². The fraction of sp³-hybridized carbons (Fsp3) is 0.857. The SMILES string of the molecule is Cc1nc2n(n1)C[C@H](N[C@@H]1CCC[C@@H](C(F)(F)F)C1)CC2. The average Bonchev–Trinajstić information content (AvgIpc) is 2.77. The van der Waals surface area contributed by atoms with Crippen molar-refractivity contribution >= 4 is 0 Å². The van der Waals surface area contributed by atoms with Crippen LogP contribution in [0.2, 0.25) is 0 Å². The highest BCUT2D eigenvalue weighted by molar-refractivity contribution is 4.97. The van der Waals surface area contributed by atoms with Gasteiger partial charge in [0.15, 0.2) is 0 Å². The predicted octanol–water partition coefficient (Wildman–Crippen LogP) is 2.61. The molecule has 4 nitrogen and oxygen atoms in total. The van der Waals surface area contributed by atoms with Gasteiger partial charge in [0.05, 0.1) is 12.5 Å². The number of aromatic nitrogens is 3. The molecule has 0 spiro atoms. The van der Waals surface area contributed by atoms with Crippen LogP contribution in [0.1, 0.15) is 43.8 Å². The molecule has 1 aliphatic heterocycles. The first-order valence-electron chi connectivity index (χ1n) is 7.65. The lowest BCUT2D eigenvalue weighted by Crippen LogP contribution is -2.46. The zero-order valence-electron chi connectivity index (χ0n) is 12.2. The Hall–Kier alpha value is -1.11. The van der Waals surface area contributed by atoms with Crippen LogP contribution >= 0.6 is 0 Å². The summed E-state index contributed by atoms with van der Waals surface area (Å²) >= 11 is 0. The molecule has 0 unspecified atom stereocenters. The zero-order chi connectivity index (χ0) is 15.0. The van der Waals surface area contributed by atoms with Crippen molar-refractivity contribution in [3.63, 3.8) is 0 Å². The van der Waals surface area contributed by atoms with Gasteiger partial charge in [-0.15, -0.1) is 0 Å². The second kappa shape index (κ2) is 5.59. The van der Waals surface area contributed by atoms with Crippen molar-refractivity contribution in [3.8, 4) is 0 Å². The first-order chi connectivity index (χ1) is 9.91. The number of nitrogens with zero attached hydrogens (tertiary/aromatic N) is 3. The van der Waals surface area contributed by atoms with Crippen LogP contribution in [-0.2, 0) is 13.0 Å². The lowest BCUT2D eigenvalue weighted by atomic mass is 9.84. The van der Waals surface area contributed by atoms with Crippen LogP contribution in [0.3, 0.4) is 0 Å². The van der Waals surface area contributed by atoms with E-state index in [0.717, 1.165) is 30.9 Å². The molecule has 1 saturated carbocycles. The van der Waals surface area contributed by atoms with Gasteiger partial charge in [0.25, 0.3) is 0 Å². The Labute approximate surface area is 122 Å². The monoisotopic (exact) mass is 302 g/mol. The van der Waals surface area contributed by atoms with Gasteiger partial charge in [0.2, 0.25) is 0 Å². The van der Waals surface area contributed by atoms with Gasteiger partial charge in [0.1, 0.15) is 11.6 Å². The molecular formula is C14H21F3N4. The van der Waals surface area contributed by atoms with Crippen LogP contribution < -0.4 is 5.32 Å². The minimum Gasteiger partial charge on any atom is -0.309 e. The van der Waals surface area contributed by atoms with Gasteiger partial charge in [-0.1, -0.05) is 6.42 Å². The van der Waals surface area contributed by atoms with Gasteiger partial charge in [-0.2, -0.15) is 18.3 Å². The summed E-state index contributed by atoms with van der Waals surface area (Å²) in [5, 5.41) is 7.76. The van der Waals surface area contributed by atoms with Crippen molar-refractivity contribution in [1.82, 2.24) is 20.1 Å². The van der Waals surface area contributed by atoms with E-state index in [4.69, 9.17) is 0 Å². The van der Waals surface area contributed by atoms with E-state index in [1.165, 1.54) is 0 Å². The number of fused-ring (bicyclic) bond motifs is 1. The number of hydrogen-bond donors (Lipinski definition) is 1. The molecule has 21 heavy (non-hydrogen) atoms. The van der Waals surface area contributed by atoms with E-state index >= 15 is 0 Å². The van der Waals surface area contributed by atoms with Crippen LogP contribution in [0.4, 0.5) is 13.2 Å². The van der Waals surface area contributed by atoms with Crippen LogP contribution in [0.25, 0.3) is 0 Å². The summed E-state index contributed by atoms with van der Waals surface area (Å²) in [5.74, 6) is 0.610. The summed E-state index contributed by atoms with van der Waals surface area (Å²) < 4.78 is 40.4. The van der Waals surface area contributed by atoms with Gasteiger partial charge < -0.3 is 5.32 Å². The third-order valence-electron chi connectivity index (χ3n) is 4.57. The van der Waals surface area contributed by atoms with Crippen molar-refractivity contribution in [3.05, 3.63) is 11.6 Å². The number of hydrogen-bond acceptors (Lipinski definition) is 3. The standard InChI is InChI=1S/C14H21F3N4/c1-9-18-13-6-5-12(8-21(13)20-9)19-11-4-2-3-10(7-11)14(15,16)17/h10-12,19H,2-8H2,1H3/t10-,11-,12-/m1/s1. The fourth-order valence-corrected chi connectivity index (χ4v) is 3.54. The van der Waals surface area contributed by atoms with Crippen molar-refractivity contribution in [1.29, 1.82) is 0 Å². The summed E-state index contributed by atoms with van der Waals surface area (Å²) in [6.45, 7) is 2.58. The maximum absolute atomic E-state index is 12.8. The molecule has 7 heteroatoms. The average molecular weight is 302 g/mol. The Balaban J connectivity index is 1.57. The number of aryl methyl sites for hydroxylation is 2. The molecule has 1 N–H and O–H groups in total. The second-order valence-corrected chi connectivity index (χ2v) is 6.26. The van der Waals surface area contributed by atoms with Gasteiger partial charge >= 0.3 is 6.18 Å². The molecule has 1 aliphatic carbocycles. The highest BCUT2D eigenvalue weighted by Gasteiger charge is 2.42. The zero-order valence-corrected chi connectivity index (χ0v) is 12.2. The molecule has 1 aromatic rings. The topological polar surface area (TPSA) is 42.7 Å². The summed E-state index contributed by atoms with van der Waals surface area (Å²) in [5.41, 5.74) is 0. The maximum atomic E-state index is 12.8. The minimum atomic E-state index is -4.05.